The number of carbonyl (C=O) groups is 2. The van der Waals surface area contributed by atoms with E-state index in [0.717, 1.165) is 31.4 Å². The predicted molar refractivity (Wildman–Crippen MR) is 108 cm³/mol. The maximum atomic E-state index is 12.9. The first-order chi connectivity index (χ1) is 13.1. The molecule has 4 nitrogen and oxygen atoms in total. The summed E-state index contributed by atoms with van der Waals surface area (Å²) in [6, 6.07) is 14.2. The van der Waals surface area contributed by atoms with Crippen LogP contribution in [0.25, 0.3) is 0 Å². The second kappa shape index (κ2) is 9.25. The average molecular weight is 406 g/mol. The summed E-state index contributed by atoms with van der Waals surface area (Å²) in [6.45, 7) is -0.315. The number of nitrogens with zero attached hydrogens (tertiary/aromatic N) is 1. The van der Waals surface area contributed by atoms with Crippen LogP contribution in [0.1, 0.15) is 42.5 Å². The molecule has 0 heterocycles. The highest BCUT2D eigenvalue weighted by Crippen LogP contribution is 2.28. The van der Waals surface area contributed by atoms with Gasteiger partial charge in [0.2, 0.25) is 0 Å². The quantitative estimate of drug-likeness (QED) is 0.615. The fourth-order valence-electron chi connectivity index (χ4n) is 3.39. The summed E-state index contributed by atoms with van der Waals surface area (Å²) in [6.07, 6.45) is 5.32. The summed E-state index contributed by atoms with van der Waals surface area (Å²) in [4.78, 5) is 26.9. The minimum atomic E-state index is -0.599. The molecule has 142 valence electrons. The number of hydrogen-bond donors (Lipinski definition) is 0. The summed E-state index contributed by atoms with van der Waals surface area (Å²) in [5, 5.41) is 0.627. The van der Waals surface area contributed by atoms with E-state index >= 15 is 0 Å². The molecule has 0 spiro atoms. The molecule has 0 aromatic heterocycles. The lowest BCUT2D eigenvalue weighted by atomic mass is 9.93. The molecule has 0 unspecified atom stereocenters. The largest absolute Gasteiger partial charge is 0.452 e. The molecule has 27 heavy (non-hydrogen) atoms. The Morgan fingerprint density at radius 2 is 1.67 bits per heavy atom. The number of amides is 1. The molecule has 0 bridgehead atoms. The van der Waals surface area contributed by atoms with Crippen molar-refractivity contribution < 1.29 is 14.3 Å². The van der Waals surface area contributed by atoms with E-state index in [4.69, 9.17) is 27.9 Å². The van der Waals surface area contributed by atoms with Crippen LogP contribution in [0, 0.1) is 0 Å². The summed E-state index contributed by atoms with van der Waals surface area (Å²) in [5.74, 6) is -0.819. The van der Waals surface area contributed by atoms with Crippen molar-refractivity contribution in [3.8, 4) is 0 Å². The van der Waals surface area contributed by atoms with Gasteiger partial charge in [-0.25, -0.2) is 4.79 Å². The molecule has 3 rings (SSSR count). The van der Waals surface area contributed by atoms with Gasteiger partial charge in [-0.05, 0) is 43.2 Å². The predicted octanol–water partition coefficient (Wildman–Crippen LogP) is 5.52. The second-order valence-electron chi connectivity index (χ2n) is 6.60. The van der Waals surface area contributed by atoms with Crippen molar-refractivity contribution in [3.05, 3.63) is 64.1 Å². The smallest absolute Gasteiger partial charge is 0.338 e. The molecule has 6 heteroatoms. The maximum Gasteiger partial charge on any atom is 0.338 e. The van der Waals surface area contributed by atoms with Gasteiger partial charge in [0.1, 0.15) is 0 Å². The molecule has 2 aromatic rings. The highest BCUT2D eigenvalue weighted by atomic mass is 35.5. The van der Waals surface area contributed by atoms with E-state index in [0.29, 0.717) is 5.02 Å². The van der Waals surface area contributed by atoms with E-state index < -0.39 is 5.97 Å². The molecule has 1 amide bonds. The SMILES string of the molecule is O=C(OCC(=O)N(c1ccccc1)C1CCCCC1)c1ccc(Cl)c(Cl)c1. The number of para-hydroxylation sites is 1. The van der Waals surface area contributed by atoms with Crippen molar-refractivity contribution in [1.29, 1.82) is 0 Å². The van der Waals surface area contributed by atoms with E-state index in [1.807, 2.05) is 30.3 Å². The van der Waals surface area contributed by atoms with Crippen molar-refractivity contribution in [2.24, 2.45) is 0 Å². The zero-order chi connectivity index (χ0) is 19.2. The molecule has 0 aliphatic heterocycles. The number of benzene rings is 2. The van der Waals surface area contributed by atoms with Gasteiger partial charge < -0.3 is 9.64 Å². The Kier molecular flexibility index (Phi) is 6.75. The molecule has 1 aliphatic carbocycles. The van der Waals surface area contributed by atoms with Crippen molar-refractivity contribution in [3.63, 3.8) is 0 Å². The molecule has 2 aromatic carbocycles. The van der Waals surface area contributed by atoms with E-state index in [1.54, 1.807) is 4.90 Å². The van der Waals surface area contributed by atoms with Gasteiger partial charge in [0.15, 0.2) is 6.61 Å². The molecule has 0 radical (unpaired) electrons. The van der Waals surface area contributed by atoms with Crippen LogP contribution in [-0.2, 0) is 9.53 Å². The van der Waals surface area contributed by atoms with Gasteiger partial charge in [0, 0.05) is 11.7 Å². The Balaban J connectivity index is 1.70. The second-order valence-corrected chi connectivity index (χ2v) is 7.41. The van der Waals surface area contributed by atoms with Crippen LogP contribution >= 0.6 is 23.2 Å². The fraction of sp³-hybridized carbons (Fsp3) is 0.333. The third kappa shape index (κ3) is 5.02. The number of rotatable bonds is 5. The minimum absolute atomic E-state index is 0.136. The fourth-order valence-corrected chi connectivity index (χ4v) is 3.69. The van der Waals surface area contributed by atoms with Crippen LogP contribution in [0.2, 0.25) is 10.0 Å². The number of esters is 1. The normalized spacial score (nSPS) is 14.6. The van der Waals surface area contributed by atoms with E-state index in [-0.39, 0.29) is 29.1 Å². The molecule has 1 aliphatic rings. The zero-order valence-electron chi connectivity index (χ0n) is 14.9. The summed E-state index contributed by atoms with van der Waals surface area (Å²) >= 11 is 11.8. The van der Waals surface area contributed by atoms with Crippen molar-refractivity contribution in [2.45, 2.75) is 38.1 Å². The van der Waals surface area contributed by atoms with Crippen LogP contribution in [-0.4, -0.2) is 24.5 Å². The van der Waals surface area contributed by atoms with Gasteiger partial charge in [-0.3, -0.25) is 4.79 Å². The van der Waals surface area contributed by atoms with E-state index in [9.17, 15) is 9.59 Å². The number of anilines is 1. The van der Waals surface area contributed by atoms with Gasteiger partial charge in [0.25, 0.3) is 5.91 Å². The molecule has 1 saturated carbocycles. The summed E-state index contributed by atoms with van der Waals surface area (Å²) in [7, 11) is 0. The number of halogens is 2. The Morgan fingerprint density at radius 3 is 2.33 bits per heavy atom. The van der Waals surface area contributed by atoms with Crippen LogP contribution in [0.3, 0.4) is 0 Å². The number of carbonyl (C=O) groups excluding carboxylic acids is 2. The lowest BCUT2D eigenvalue weighted by molar-refractivity contribution is -0.122. The van der Waals surface area contributed by atoms with Gasteiger partial charge >= 0.3 is 5.97 Å². The molecular formula is C21H21Cl2NO3. The minimum Gasteiger partial charge on any atom is -0.452 e. The average Bonchev–Trinajstić information content (AvgIpc) is 2.70. The van der Waals surface area contributed by atoms with Crippen molar-refractivity contribution in [2.75, 3.05) is 11.5 Å². The van der Waals surface area contributed by atoms with Crippen LogP contribution in [0.4, 0.5) is 5.69 Å². The highest BCUT2D eigenvalue weighted by Gasteiger charge is 2.27. The lowest BCUT2D eigenvalue weighted by Crippen LogP contribution is -2.43. The summed E-state index contributed by atoms with van der Waals surface area (Å²) < 4.78 is 5.25. The number of ether oxygens (including phenoxy) is 1. The first-order valence-corrected chi connectivity index (χ1v) is 9.81. The Hall–Kier alpha value is -2.04. The zero-order valence-corrected chi connectivity index (χ0v) is 16.4. The standard InChI is InChI=1S/C21H21Cl2NO3/c22-18-12-11-15(13-19(18)23)21(26)27-14-20(25)24(16-7-3-1-4-8-16)17-9-5-2-6-10-17/h1,3-4,7-8,11-13,17H,2,5-6,9-10,14H2. The van der Waals surface area contributed by atoms with E-state index in [2.05, 4.69) is 0 Å². The third-order valence-corrected chi connectivity index (χ3v) is 5.46. The van der Waals surface area contributed by atoms with Crippen molar-refractivity contribution in [1.82, 2.24) is 0 Å². The first kappa shape index (κ1) is 19.7. The van der Waals surface area contributed by atoms with Crippen LogP contribution in [0.5, 0.6) is 0 Å². The third-order valence-electron chi connectivity index (χ3n) is 4.72. The van der Waals surface area contributed by atoms with Gasteiger partial charge in [-0.15, -0.1) is 0 Å². The maximum absolute atomic E-state index is 12.9. The van der Waals surface area contributed by atoms with Crippen LogP contribution < -0.4 is 4.90 Å². The number of hydrogen-bond acceptors (Lipinski definition) is 3. The first-order valence-electron chi connectivity index (χ1n) is 9.05. The summed E-state index contributed by atoms with van der Waals surface area (Å²) in [5.41, 5.74) is 1.10. The van der Waals surface area contributed by atoms with Gasteiger partial charge in [-0.1, -0.05) is 60.7 Å². The van der Waals surface area contributed by atoms with Crippen molar-refractivity contribution >= 4 is 40.8 Å². The molecule has 0 saturated heterocycles. The van der Waals surface area contributed by atoms with E-state index in [1.165, 1.54) is 24.6 Å². The molecule has 0 atom stereocenters. The Morgan fingerprint density at radius 1 is 0.963 bits per heavy atom. The molecular weight excluding hydrogens is 385 g/mol. The monoisotopic (exact) mass is 405 g/mol. The van der Waals surface area contributed by atoms with Gasteiger partial charge in [-0.2, -0.15) is 0 Å². The van der Waals surface area contributed by atoms with Gasteiger partial charge in [0.05, 0.1) is 15.6 Å². The Bertz CT molecular complexity index is 804. The molecule has 0 N–H and O–H groups in total. The molecule has 1 fully saturated rings. The Labute approximate surface area is 169 Å². The lowest BCUT2D eigenvalue weighted by Gasteiger charge is -2.34. The highest BCUT2D eigenvalue weighted by molar-refractivity contribution is 6.42. The van der Waals surface area contributed by atoms with Crippen LogP contribution in [0.15, 0.2) is 48.5 Å². The topological polar surface area (TPSA) is 46.6 Å².